The molecule has 0 saturated heterocycles. The molecule has 4 heteroatoms. The van der Waals surface area contributed by atoms with Crippen molar-refractivity contribution in [1.29, 1.82) is 0 Å². The lowest BCUT2D eigenvalue weighted by Gasteiger charge is -2.20. The summed E-state index contributed by atoms with van der Waals surface area (Å²) in [7, 11) is -2.86. The summed E-state index contributed by atoms with van der Waals surface area (Å²) in [6.07, 6.45) is 7.48. The van der Waals surface area contributed by atoms with E-state index in [4.69, 9.17) is 0 Å². The monoisotopic (exact) mass is 259 g/mol. The topological polar surface area (TPSA) is 46.2 Å². The fourth-order valence-corrected chi connectivity index (χ4v) is 5.04. The Bertz CT molecular complexity index is 329. The molecule has 2 aliphatic rings. The lowest BCUT2D eigenvalue weighted by Crippen LogP contribution is -2.40. The van der Waals surface area contributed by atoms with E-state index in [1.807, 2.05) is 0 Å². The van der Waals surface area contributed by atoms with E-state index < -0.39 is 9.84 Å². The van der Waals surface area contributed by atoms with E-state index in [2.05, 4.69) is 12.2 Å². The lowest BCUT2D eigenvalue weighted by molar-refractivity contribution is 0.485. The van der Waals surface area contributed by atoms with Gasteiger partial charge in [-0.25, -0.2) is 8.42 Å². The van der Waals surface area contributed by atoms with Crippen LogP contribution in [0.25, 0.3) is 0 Å². The van der Waals surface area contributed by atoms with Crippen LogP contribution in [0, 0.1) is 5.92 Å². The molecule has 0 aromatic rings. The first kappa shape index (κ1) is 13.3. The summed E-state index contributed by atoms with van der Waals surface area (Å²) < 4.78 is 24.6. The van der Waals surface area contributed by atoms with Crippen molar-refractivity contribution < 1.29 is 8.42 Å². The summed E-state index contributed by atoms with van der Waals surface area (Å²) in [6, 6.07) is 0.223. The average Bonchev–Trinajstić information content (AvgIpc) is 2.98. The number of hydrogen-bond acceptors (Lipinski definition) is 3. The van der Waals surface area contributed by atoms with Gasteiger partial charge in [-0.15, -0.1) is 0 Å². The Labute approximate surface area is 105 Å². The van der Waals surface area contributed by atoms with Gasteiger partial charge < -0.3 is 5.32 Å². The Balaban J connectivity index is 1.91. The molecule has 3 nitrogen and oxygen atoms in total. The van der Waals surface area contributed by atoms with Gasteiger partial charge in [0.05, 0.1) is 11.0 Å². The second-order valence-electron chi connectivity index (χ2n) is 5.63. The molecule has 0 aliphatic heterocycles. The molecular formula is C13H25NO2S. The maximum absolute atomic E-state index is 12.3. The third-order valence-corrected chi connectivity index (χ3v) is 6.38. The minimum atomic E-state index is -2.86. The van der Waals surface area contributed by atoms with Gasteiger partial charge in [0.25, 0.3) is 0 Å². The van der Waals surface area contributed by atoms with E-state index in [0.717, 1.165) is 38.6 Å². The van der Waals surface area contributed by atoms with Crippen molar-refractivity contribution in [1.82, 2.24) is 5.32 Å². The fourth-order valence-electron chi connectivity index (χ4n) is 2.82. The largest absolute Gasteiger partial charge is 0.313 e. The average molecular weight is 259 g/mol. The Kier molecular flexibility index (Phi) is 4.47. The molecule has 1 N–H and O–H groups in total. The molecule has 100 valence electrons. The zero-order valence-electron chi connectivity index (χ0n) is 10.8. The van der Waals surface area contributed by atoms with Gasteiger partial charge in [0.1, 0.15) is 0 Å². The van der Waals surface area contributed by atoms with Crippen LogP contribution in [0.4, 0.5) is 0 Å². The summed E-state index contributed by atoms with van der Waals surface area (Å²) >= 11 is 0. The summed E-state index contributed by atoms with van der Waals surface area (Å²) in [6.45, 7) is 3.07. The lowest BCUT2D eigenvalue weighted by atomic mass is 10.2. The highest BCUT2D eigenvalue weighted by Gasteiger charge is 2.37. The number of sulfone groups is 1. The highest BCUT2D eigenvalue weighted by Crippen LogP contribution is 2.35. The van der Waals surface area contributed by atoms with Crippen LogP contribution in [0.5, 0.6) is 0 Å². The Morgan fingerprint density at radius 1 is 1.18 bits per heavy atom. The Morgan fingerprint density at radius 3 is 2.35 bits per heavy atom. The molecule has 1 unspecified atom stereocenters. The maximum atomic E-state index is 12.3. The molecule has 2 saturated carbocycles. The van der Waals surface area contributed by atoms with Gasteiger partial charge in [-0.3, -0.25) is 0 Å². The maximum Gasteiger partial charge on any atom is 0.154 e. The molecule has 0 radical (unpaired) electrons. The van der Waals surface area contributed by atoms with Crippen molar-refractivity contribution in [3.05, 3.63) is 0 Å². The van der Waals surface area contributed by atoms with E-state index in [0.29, 0.717) is 11.7 Å². The first-order valence-electron chi connectivity index (χ1n) is 7.08. The van der Waals surface area contributed by atoms with E-state index in [1.165, 1.54) is 12.8 Å². The van der Waals surface area contributed by atoms with Gasteiger partial charge in [0.2, 0.25) is 0 Å². The van der Waals surface area contributed by atoms with Crippen LogP contribution in [0.1, 0.15) is 51.9 Å². The fraction of sp³-hybridized carbons (Fsp3) is 1.00. The predicted molar refractivity (Wildman–Crippen MR) is 70.8 cm³/mol. The molecule has 0 aromatic heterocycles. The van der Waals surface area contributed by atoms with Crippen LogP contribution < -0.4 is 5.32 Å². The van der Waals surface area contributed by atoms with Crippen LogP contribution in [0.15, 0.2) is 0 Å². The van der Waals surface area contributed by atoms with Crippen molar-refractivity contribution >= 4 is 9.84 Å². The van der Waals surface area contributed by atoms with Gasteiger partial charge in [0, 0.05) is 6.04 Å². The Hall–Kier alpha value is -0.0900. The highest BCUT2D eigenvalue weighted by molar-refractivity contribution is 7.92. The third kappa shape index (κ3) is 3.68. The molecule has 2 rings (SSSR count). The van der Waals surface area contributed by atoms with Gasteiger partial charge in [-0.1, -0.05) is 19.8 Å². The standard InChI is InChI=1S/C13H25NO2S/c1-2-9-14-13(11-7-8-11)10-17(15,16)12-5-3-4-6-12/h11-14H,2-10H2,1H3. The molecule has 0 amide bonds. The van der Waals surface area contributed by atoms with Gasteiger partial charge in [-0.05, 0) is 44.6 Å². The van der Waals surface area contributed by atoms with Crippen LogP contribution in [0.3, 0.4) is 0 Å². The smallest absolute Gasteiger partial charge is 0.154 e. The van der Waals surface area contributed by atoms with Crippen LogP contribution >= 0.6 is 0 Å². The summed E-state index contributed by atoms with van der Waals surface area (Å²) in [5, 5.41) is 3.40. The molecule has 0 spiro atoms. The molecule has 0 bridgehead atoms. The second-order valence-corrected chi connectivity index (χ2v) is 7.96. The first-order valence-corrected chi connectivity index (χ1v) is 8.80. The summed E-state index contributed by atoms with van der Waals surface area (Å²) in [5.74, 6) is 1.00. The van der Waals surface area contributed by atoms with E-state index in [9.17, 15) is 8.42 Å². The van der Waals surface area contributed by atoms with Crippen molar-refractivity contribution in [2.75, 3.05) is 12.3 Å². The first-order chi connectivity index (χ1) is 8.13. The van der Waals surface area contributed by atoms with Crippen LogP contribution in [0.2, 0.25) is 0 Å². The van der Waals surface area contributed by atoms with Crippen molar-refractivity contribution in [3.8, 4) is 0 Å². The van der Waals surface area contributed by atoms with E-state index >= 15 is 0 Å². The quantitative estimate of drug-likeness (QED) is 0.762. The van der Waals surface area contributed by atoms with Crippen LogP contribution in [-0.4, -0.2) is 32.0 Å². The number of nitrogens with one attached hydrogen (secondary N) is 1. The molecule has 2 aliphatic carbocycles. The van der Waals surface area contributed by atoms with Gasteiger partial charge >= 0.3 is 0 Å². The second kappa shape index (κ2) is 5.70. The minimum absolute atomic E-state index is 0.0350. The predicted octanol–water partition coefficient (Wildman–Crippen LogP) is 2.12. The molecule has 2 fully saturated rings. The van der Waals surface area contributed by atoms with E-state index in [1.54, 1.807) is 0 Å². The van der Waals surface area contributed by atoms with Crippen molar-refractivity contribution in [3.63, 3.8) is 0 Å². The number of rotatable bonds is 7. The van der Waals surface area contributed by atoms with Crippen molar-refractivity contribution in [2.24, 2.45) is 5.92 Å². The minimum Gasteiger partial charge on any atom is -0.313 e. The normalized spacial score (nSPS) is 24.1. The molecule has 17 heavy (non-hydrogen) atoms. The third-order valence-electron chi connectivity index (χ3n) is 4.07. The molecular weight excluding hydrogens is 234 g/mol. The van der Waals surface area contributed by atoms with E-state index in [-0.39, 0.29) is 11.3 Å². The summed E-state index contributed by atoms with van der Waals surface area (Å²) in [5.41, 5.74) is 0. The van der Waals surface area contributed by atoms with Crippen molar-refractivity contribution in [2.45, 2.75) is 63.2 Å². The number of hydrogen-bond donors (Lipinski definition) is 1. The zero-order chi connectivity index (χ0) is 12.3. The molecule has 0 heterocycles. The van der Waals surface area contributed by atoms with Gasteiger partial charge in [0.15, 0.2) is 9.84 Å². The van der Waals surface area contributed by atoms with Gasteiger partial charge in [-0.2, -0.15) is 0 Å². The highest BCUT2D eigenvalue weighted by atomic mass is 32.2. The molecule has 1 atom stereocenters. The SMILES string of the molecule is CCCNC(CS(=O)(=O)C1CCCC1)C1CC1. The van der Waals surface area contributed by atoms with Crippen LogP contribution in [-0.2, 0) is 9.84 Å². The zero-order valence-corrected chi connectivity index (χ0v) is 11.6. The Morgan fingerprint density at radius 2 is 1.82 bits per heavy atom. The summed E-state index contributed by atoms with van der Waals surface area (Å²) in [4.78, 5) is 0. The molecule has 0 aromatic carbocycles.